The summed E-state index contributed by atoms with van der Waals surface area (Å²) in [5, 5.41) is 3.62. The zero-order valence-electron chi connectivity index (χ0n) is 11.5. The van der Waals surface area contributed by atoms with Crippen LogP contribution in [0.15, 0.2) is 48.5 Å². The Morgan fingerprint density at radius 1 is 1.10 bits per heavy atom. The van der Waals surface area contributed by atoms with Gasteiger partial charge < -0.3 is 5.32 Å². The van der Waals surface area contributed by atoms with E-state index in [1.807, 2.05) is 48.5 Å². The van der Waals surface area contributed by atoms with Gasteiger partial charge in [0.2, 0.25) is 5.91 Å². The molecule has 2 aromatic carbocycles. The van der Waals surface area contributed by atoms with E-state index in [-0.39, 0.29) is 5.91 Å². The molecule has 0 saturated heterocycles. The van der Waals surface area contributed by atoms with Gasteiger partial charge in [-0.2, -0.15) is 0 Å². The summed E-state index contributed by atoms with van der Waals surface area (Å²) in [7, 11) is 0. The Balaban J connectivity index is 1.87. The summed E-state index contributed by atoms with van der Waals surface area (Å²) in [5.41, 5.74) is 3.11. The van der Waals surface area contributed by atoms with Gasteiger partial charge in [0.05, 0.1) is 0 Å². The first-order chi connectivity index (χ1) is 9.69. The van der Waals surface area contributed by atoms with Crippen molar-refractivity contribution in [2.24, 2.45) is 0 Å². The van der Waals surface area contributed by atoms with Crippen LogP contribution in [0.1, 0.15) is 24.5 Å². The molecule has 0 radical (unpaired) electrons. The Morgan fingerprint density at radius 3 is 2.45 bits per heavy atom. The molecule has 0 fully saturated rings. The molecule has 0 spiro atoms. The Hall–Kier alpha value is -1.80. The van der Waals surface area contributed by atoms with Gasteiger partial charge in [-0.1, -0.05) is 48.9 Å². The Bertz CT molecular complexity index is 578. The molecule has 3 heteroatoms. The van der Waals surface area contributed by atoms with Gasteiger partial charge in [0.15, 0.2) is 0 Å². The van der Waals surface area contributed by atoms with Gasteiger partial charge in [-0.15, -0.1) is 0 Å². The normalized spacial score (nSPS) is 10.3. The fourth-order valence-electron chi connectivity index (χ4n) is 2.00. The molecule has 0 heterocycles. The summed E-state index contributed by atoms with van der Waals surface area (Å²) in [6.45, 7) is 2.11. The number of hydrogen-bond donors (Lipinski definition) is 1. The molecule has 0 aliphatic carbocycles. The van der Waals surface area contributed by atoms with Crippen LogP contribution in [-0.4, -0.2) is 5.91 Å². The lowest BCUT2D eigenvalue weighted by molar-refractivity contribution is -0.116. The molecule has 0 atom stereocenters. The topological polar surface area (TPSA) is 29.1 Å². The average molecular weight is 288 g/mol. The van der Waals surface area contributed by atoms with Gasteiger partial charge in [-0.25, -0.2) is 0 Å². The van der Waals surface area contributed by atoms with Crippen molar-refractivity contribution in [3.05, 3.63) is 64.7 Å². The quantitative estimate of drug-likeness (QED) is 0.863. The summed E-state index contributed by atoms with van der Waals surface area (Å²) < 4.78 is 0. The molecule has 104 valence electrons. The number of carbonyl (C=O) groups excluding carboxylic acids is 1. The van der Waals surface area contributed by atoms with Crippen molar-refractivity contribution in [3.8, 4) is 0 Å². The minimum atomic E-state index is 0.00849. The van der Waals surface area contributed by atoms with Gasteiger partial charge in [0.25, 0.3) is 0 Å². The van der Waals surface area contributed by atoms with E-state index < -0.39 is 0 Å². The van der Waals surface area contributed by atoms with E-state index in [1.165, 1.54) is 5.56 Å². The average Bonchev–Trinajstić information content (AvgIpc) is 2.47. The lowest BCUT2D eigenvalue weighted by Crippen LogP contribution is -2.12. The van der Waals surface area contributed by atoms with Crippen LogP contribution in [0, 0.1) is 0 Å². The third kappa shape index (κ3) is 4.10. The minimum Gasteiger partial charge on any atom is -0.326 e. The Labute approximate surface area is 124 Å². The molecule has 0 aliphatic rings. The second-order valence-corrected chi connectivity index (χ2v) is 5.10. The number of nitrogens with one attached hydrogen (secondary N) is 1. The lowest BCUT2D eigenvalue weighted by Gasteiger charge is -2.07. The predicted octanol–water partition coefficient (Wildman–Crippen LogP) is 4.47. The zero-order chi connectivity index (χ0) is 14.4. The van der Waals surface area contributed by atoms with Crippen molar-refractivity contribution in [3.63, 3.8) is 0 Å². The molecule has 2 nitrogen and oxygen atoms in total. The molecule has 0 bridgehead atoms. The summed E-state index contributed by atoms with van der Waals surface area (Å²) in [5.74, 6) is 0.00849. The van der Waals surface area contributed by atoms with Crippen molar-refractivity contribution in [2.75, 3.05) is 5.32 Å². The fraction of sp³-hybridized carbons (Fsp3) is 0.235. The van der Waals surface area contributed by atoms with Crippen LogP contribution in [0.25, 0.3) is 0 Å². The number of amides is 1. The number of hydrogen-bond acceptors (Lipinski definition) is 1. The maximum Gasteiger partial charge on any atom is 0.224 e. The third-order valence-corrected chi connectivity index (χ3v) is 3.59. The Kier molecular flexibility index (Phi) is 5.19. The van der Waals surface area contributed by atoms with Gasteiger partial charge in [-0.3, -0.25) is 4.79 Å². The molecular weight excluding hydrogens is 270 g/mol. The van der Waals surface area contributed by atoms with Crippen molar-refractivity contribution in [1.29, 1.82) is 0 Å². The van der Waals surface area contributed by atoms with Crippen LogP contribution in [0.2, 0.25) is 5.02 Å². The van der Waals surface area contributed by atoms with Crippen LogP contribution < -0.4 is 5.32 Å². The van der Waals surface area contributed by atoms with Crippen molar-refractivity contribution in [2.45, 2.75) is 26.2 Å². The third-order valence-electron chi connectivity index (χ3n) is 3.23. The maximum atomic E-state index is 11.9. The van der Waals surface area contributed by atoms with Crippen molar-refractivity contribution in [1.82, 2.24) is 0 Å². The smallest absolute Gasteiger partial charge is 0.224 e. The first-order valence-corrected chi connectivity index (χ1v) is 7.19. The van der Waals surface area contributed by atoms with Crippen LogP contribution in [0.5, 0.6) is 0 Å². The molecule has 0 unspecified atom stereocenters. The number of carbonyl (C=O) groups is 1. The number of aryl methyl sites for hydroxylation is 2. The fourth-order valence-corrected chi connectivity index (χ4v) is 2.23. The van der Waals surface area contributed by atoms with Gasteiger partial charge in [0, 0.05) is 17.1 Å². The molecule has 0 aromatic heterocycles. The monoisotopic (exact) mass is 287 g/mol. The van der Waals surface area contributed by atoms with Crippen LogP contribution in [0.4, 0.5) is 5.69 Å². The second-order valence-electron chi connectivity index (χ2n) is 4.69. The minimum absolute atomic E-state index is 0.00849. The van der Waals surface area contributed by atoms with Crippen LogP contribution >= 0.6 is 11.6 Å². The van der Waals surface area contributed by atoms with Crippen molar-refractivity contribution >= 4 is 23.2 Å². The van der Waals surface area contributed by atoms with E-state index >= 15 is 0 Å². The van der Waals surface area contributed by atoms with Crippen molar-refractivity contribution < 1.29 is 4.79 Å². The SMILES string of the molecule is CCc1ccc(NC(=O)CCc2ccccc2Cl)cc1. The summed E-state index contributed by atoms with van der Waals surface area (Å²) in [6.07, 6.45) is 2.08. The van der Waals surface area contributed by atoms with Crippen LogP contribution in [0.3, 0.4) is 0 Å². The molecule has 2 rings (SSSR count). The van der Waals surface area contributed by atoms with Gasteiger partial charge in [0.1, 0.15) is 0 Å². The molecule has 20 heavy (non-hydrogen) atoms. The highest BCUT2D eigenvalue weighted by Crippen LogP contribution is 2.17. The molecule has 0 saturated carbocycles. The first kappa shape index (κ1) is 14.6. The molecular formula is C17H18ClNO. The predicted molar refractivity (Wildman–Crippen MR) is 84.2 cm³/mol. The maximum absolute atomic E-state index is 11.9. The highest BCUT2D eigenvalue weighted by Gasteiger charge is 2.05. The highest BCUT2D eigenvalue weighted by atomic mass is 35.5. The Morgan fingerprint density at radius 2 is 1.80 bits per heavy atom. The zero-order valence-corrected chi connectivity index (χ0v) is 12.3. The second kappa shape index (κ2) is 7.11. The van der Waals surface area contributed by atoms with E-state index in [1.54, 1.807) is 0 Å². The summed E-state index contributed by atoms with van der Waals surface area (Å²) >= 11 is 6.07. The van der Waals surface area contributed by atoms with E-state index in [4.69, 9.17) is 11.6 Å². The van der Waals surface area contributed by atoms with Gasteiger partial charge in [-0.05, 0) is 42.2 Å². The number of rotatable bonds is 5. The summed E-state index contributed by atoms with van der Waals surface area (Å²) in [4.78, 5) is 11.9. The molecule has 0 aliphatic heterocycles. The van der Waals surface area contributed by atoms with Crippen LogP contribution in [-0.2, 0) is 17.6 Å². The number of benzene rings is 2. The number of anilines is 1. The number of halogens is 1. The molecule has 1 N–H and O–H groups in total. The largest absolute Gasteiger partial charge is 0.326 e. The van der Waals surface area contributed by atoms with E-state index in [9.17, 15) is 4.79 Å². The first-order valence-electron chi connectivity index (χ1n) is 6.81. The van der Waals surface area contributed by atoms with E-state index in [0.717, 1.165) is 17.7 Å². The standard InChI is InChI=1S/C17H18ClNO/c1-2-13-7-10-15(11-8-13)19-17(20)12-9-14-5-3-4-6-16(14)18/h3-8,10-11H,2,9,12H2,1H3,(H,19,20). The molecule has 2 aromatic rings. The molecule has 1 amide bonds. The summed E-state index contributed by atoms with van der Waals surface area (Å²) in [6, 6.07) is 15.6. The van der Waals surface area contributed by atoms with E-state index in [2.05, 4.69) is 12.2 Å². The lowest BCUT2D eigenvalue weighted by atomic mass is 10.1. The van der Waals surface area contributed by atoms with Gasteiger partial charge >= 0.3 is 0 Å². The highest BCUT2D eigenvalue weighted by molar-refractivity contribution is 6.31. The van der Waals surface area contributed by atoms with E-state index in [0.29, 0.717) is 17.9 Å².